The third-order valence-electron chi connectivity index (χ3n) is 2.61. The summed E-state index contributed by atoms with van der Waals surface area (Å²) in [7, 11) is 3.24. The van der Waals surface area contributed by atoms with Crippen molar-refractivity contribution in [2.75, 3.05) is 17.7 Å². The second-order valence-corrected chi connectivity index (χ2v) is 4.02. The van der Waals surface area contributed by atoms with Gasteiger partial charge in [-0.1, -0.05) is 0 Å². The van der Waals surface area contributed by atoms with Crippen LogP contribution in [0.2, 0.25) is 0 Å². The molecular formula is C12H14FN5O. The van der Waals surface area contributed by atoms with Crippen molar-refractivity contribution in [3.63, 3.8) is 0 Å². The highest BCUT2D eigenvalue weighted by molar-refractivity contribution is 6.04. The zero-order valence-corrected chi connectivity index (χ0v) is 10.9. The normalized spacial score (nSPS) is 10.3. The number of halogens is 1. The summed E-state index contributed by atoms with van der Waals surface area (Å²) in [6, 6.07) is 3.03. The van der Waals surface area contributed by atoms with Gasteiger partial charge in [0.15, 0.2) is 11.6 Å². The fourth-order valence-corrected chi connectivity index (χ4v) is 1.70. The number of carbonyl (C=O) groups excluding carboxylic acids is 1. The minimum Gasteiger partial charge on any atom is -0.371 e. The molecule has 2 rings (SSSR count). The van der Waals surface area contributed by atoms with Gasteiger partial charge < -0.3 is 10.6 Å². The van der Waals surface area contributed by atoms with Gasteiger partial charge in [0.05, 0.1) is 11.3 Å². The monoisotopic (exact) mass is 263 g/mol. The molecule has 6 nitrogen and oxygen atoms in total. The van der Waals surface area contributed by atoms with E-state index >= 15 is 0 Å². The van der Waals surface area contributed by atoms with Crippen LogP contribution in [0.1, 0.15) is 16.1 Å². The van der Waals surface area contributed by atoms with Crippen molar-refractivity contribution in [1.29, 1.82) is 0 Å². The number of rotatable bonds is 3. The Kier molecular flexibility index (Phi) is 3.46. The molecule has 7 heteroatoms. The first-order valence-electron chi connectivity index (χ1n) is 5.67. The quantitative estimate of drug-likeness (QED) is 0.881. The van der Waals surface area contributed by atoms with Gasteiger partial charge >= 0.3 is 0 Å². The molecule has 0 atom stereocenters. The molecule has 0 bridgehead atoms. The highest BCUT2D eigenvalue weighted by Crippen LogP contribution is 2.16. The molecule has 0 saturated carbocycles. The summed E-state index contributed by atoms with van der Waals surface area (Å²) in [6.07, 6.45) is 1.37. The number of carbonyl (C=O) groups is 1. The molecule has 0 unspecified atom stereocenters. The first-order chi connectivity index (χ1) is 9.02. The topological polar surface area (TPSA) is 71.8 Å². The lowest BCUT2D eigenvalue weighted by Gasteiger charge is -2.08. The van der Waals surface area contributed by atoms with Gasteiger partial charge in [-0.2, -0.15) is 5.10 Å². The smallest absolute Gasteiger partial charge is 0.259 e. The minimum atomic E-state index is -0.679. The lowest BCUT2D eigenvalue weighted by Crippen LogP contribution is -2.17. The summed E-state index contributed by atoms with van der Waals surface area (Å²) in [4.78, 5) is 15.8. The maximum atomic E-state index is 13.9. The zero-order chi connectivity index (χ0) is 14.0. The zero-order valence-electron chi connectivity index (χ0n) is 10.9. The molecule has 2 N–H and O–H groups in total. The number of aryl methyl sites for hydroxylation is 2. The van der Waals surface area contributed by atoms with Crippen molar-refractivity contribution in [2.45, 2.75) is 6.92 Å². The van der Waals surface area contributed by atoms with Gasteiger partial charge in [0.25, 0.3) is 5.91 Å². The van der Waals surface area contributed by atoms with E-state index < -0.39 is 11.7 Å². The summed E-state index contributed by atoms with van der Waals surface area (Å²) in [5.41, 5.74) is 0.696. The summed E-state index contributed by atoms with van der Waals surface area (Å²) < 4.78 is 15.4. The molecule has 19 heavy (non-hydrogen) atoms. The van der Waals surface area contributed by atoms with Crippen LogP contribution >= 0.6 is 0 Å². The maximum Gasteiger partial charge on any atom is 0.259 e. The summed E-state index contributed by atoms with van der Waals surface area (Å²) in [5.74, 6) is -0.681. The van der Waals surface area contributed by atoms with Crippen LogP contribution in [0.25, 0.3) is 0 Å². The number of nitrogens with zero attached hydrogens (tertiary/aromatic N) is 3. The molecule has 100 valence electrons. The number of amides is 1. The lowest BCUT2D eigenvalue weighted by atomic mass is 10.2. The van der Waals surface area contributed by atoms with Crippen LogP contribution in [0.5, 0.6) is 0 Å². The third kappa shape index (κ3) is 2.54. The van der Waals surface area contributed by atoms with E-state index in [1.165, 1.54) is 24.0 Å². The summed E-state index contributed by atoms with van der Waals surface area (Å²) in [6.45, 7) is 1.81. The lowest BCUT2D eigenvalue weighted by molar-refractivity contribution is 0.102. The number of nitrogens with one attached hydrogen (secondary N) is 2. The molecule has 0 fully saturated rings. The van der Waals surface area contributed by atoms with E-state index in [9.17, 15) is 9.18 Å². The van der Waals surface area contributed by atoms with Crippen molar-refractivity contribution >= 4 is 17.5 Å². The van der Waals surface area contributed by atoms with E-state index in [4.69, 9.17) is 0 Å². The highest BCUT2D eigenvalue weighted by Gasteiger charge is 2.16. The van der Waals surface area contributed by atoms with Gasteiger partial charge in [0.1, 0.15) is 5.82 Å². The van der Waals surface area contributed by atoms with Gasteiger partial charge in [-0.25, -0.2) is 9.37 Å². The molecular weight excluding hydrogens is 249 g/mol. The molecule has 0 spiro atoms. The van der Waals surface area contributed by atoms with E-state index in [0.717, 1.165) is 5.69 Å². The Morgan fingerprint density at radius 2 is 2.21 bits per heavy atom. The van der Waals surface area contributed by atoms with Crippen LogP contribution in [0, 0.1) is 12.7 Å². The number of anilines is 2. The van der Waals surface area contributed by atoms with E-state index in [1.807, 2.05) is 6.92 Å². The van der Waals surface area contributed by atoms with Gasteiger partial charge in [-0.3, -0.25) is 9.48 Å². The Labute approximate surface area is 109 Å². The van der Waals surface area contributed by atoms with Gasteiger partial charge in [-0.15, -0.1) is 0 Å². The Bertz CT molecular complexity index is 623. The highest BCUT2D eigenvalue weighted by atomic mass is 19.1. The van der Waals surface area contributed by atoms with Gasteiger partial charge in [0, 0.05) is 26.4 Å². The fourth-order valence-electron chi connectivity index (χ4n) is 1.70. The van der Waals surface area contributed by atoms with Gasteiger partial charge in [0.2, 0.25) is 0 Å². The number of aromatic nitrogens is 3. The molecule has 0 aliphatic carbocycles. The standard InChI is InChI=1S/C12H14FN5O/c1-7-6-9(18(3)17-7)16-12(19)8-4-5-15-11(14-2)10(8)13/h4-6H,1-3H3,(H,14,15)(H,16,19). The van der Waals surface area contributed by atoms with Crippen LogP contribution < -0.4 is 10.6 Å². The molecule has 2 aromatic rings. The third-order valence-corrected chi connectivity index (χ3v) is 2.61. The van der Waals surface area contributed by atoms with Crippen LogP contribution in [-0.2, 0) is 7.05 Å². The fraction of sp³-hybridized carbons (Fsp3) is 0.250. The largest absolute Gasteiger partial charge is 0.371 e. The molecule has 2 heterocycles. The molecule has 0 aliphatic heterocycles. The predicted octanol–water partition coefficient (Wildman–Crippen LogP) is 1.56. The number of pyridine rings is 1. The van der Waals surface area contributed by atoms with Crippen molar-refractivity contribution in [1.82, 2.24) is 14.8 Å². The molecule has 1 amide bonds. The first kappa shape index (κ1) is 13.0. The SMILES string of the molecule is CNc1nccc(C(=O)Nc2cc(C)nn2C)c1F. The summed E-state index contributed by atoms with van der Waals surface area (Å²) in [5, 5.41) is 9.29. The van der Waals surface area contributed by atoms with Crippen LogP contribution in [-0.4, -0.2) is 27.7 Å². The molecule has 0 saturated heterocycles. The Hall–Kier alpha value is -2.44. The van der Waals surface area contributed by atoms with E-state index in [1.54, 1.807) is 13.1 Å². The van der Waals surface area contributed by atoms with Crippen molar-refractivity contribution < 1.29 is 9.18 Å². The number of hydrogen-bond acceptors (Lipinski definition) is 4. The first-order valence-corrected chi connectivity index (χ1v) is 5.67. The molecule has 0 aromatic carbocycles. The minimum absolute atomic E-state index is 0.0360. The average molecular weight is 263 g/mol. The Morgan fingerprint density at radius 1 is 1.47 bits per heavy atom. The van der Waals surface area contributed by atoms with Crippen molar-refractivity contribution in [3.05, 3.63) is 35.4 Å². The van der Waals surface area contributed by atoms with Crippen molar-refractivity contribution in [2.24, 2.45) is 7.05 Å². The van der Waals surface area contributed by atoms with E-state index in [-0.39, 0.29) is 11.4 Å². The maximum absolute atomic E-state index is 13.9. The average Bonchev–Trinajstić information content (AvgIpc) is 2.68. The molecule has 0 radical (unpaired) electrons. The summed E-state index contributed by atoms with van der Waals surface area (Å²) >= 11 is 0. The molecule has 0 aliphatic rings. The van der Waals surface area contributed by atoms with Crippen molar-refractivity contribution in [3.8, 4) is 0 Å². The second kappa shape index (κ2) is 5.05. The Balaban J connectivity index is 2.28. The Morgan fingerprint density at radius 3 is 2.79 bits per heavy atom. The second-order valence-electron chi connectivity index (χ2n) is 4.02. The van der Waals surface area contributed by atoms with E-state index in [0.29, 0.717) is 5.82 Å². The molecule has 2 aromatic heterocycles. The predicted molar refractivity (Wildman–Crippen MR) is 69.6 cm³/mol. The van der Waals surface area contributed by atoms with E-state index in [2.05, 4.69) is 20.7 Å². The number of hydrogen-bond donors (Lipinski definition) is 2. The van der Waals surface area contributed by atoms with Gasteiger partial charge in [-0.05, 0) is 13.0 Å². The van der Waals surface area contributed by atoms with Crippen LogP contribution in [0.3, 0.4) is 0 Å². The van der Waals surface area contributed by atoms with Crippen LogP contribution in [0.15, 0.2) is 18.3 Å². The van der Waals surface area contributed by atoms with Crippen LogP contribution in [0.4, 0.5) is 16.0 Å².